The molecule has 0 spiro atoms. The van der Waals surface area contributed by atoms with E-state index in [1.807, 2.05) is 0 Å². The summed E-state index contributed by atoms with van der Waals surface area (Å²) >= 11 is 1.15. The van der Waals surface area contributed by atoms with Crippen molar-refractivity contribution in [2.45, 2.75) is 11.8 Å². The Morgan fingerprint density at radius 2 is 2.50 bits per heavy atom. The van der Waals surface area contributed by atoms with Gasteiger partial charge in [-0.1, -0.05) is 6.08 Å². The summed E-state index contributed by atoms with van der Waals surface area (Å²) in [5, 5.41) is 8.49. The highest BCUT2D eigenvalue weighted by Gasteiger charge is 2.27. The maximum Gasteiger partial charge on any atom is 0.333 e. The predicted molar refractivity (Wildman–Crippen MR) is 42.9 cm³/mol. The lowest BCUT2D eigenvalue weighted by Gasteiger charge is -2.16. The Balaban J connectivity index is 3.86. The van der Waals surface area contributed by atoms with Gasteiger partial charge in [0.1, 0.15) is 0 Å². The number of nitrogens with two attached hydrogens (primary N) is 1. The van der Waals surface area contributed by atoms with Crippen LogP contribution in [0, 0.1) is 0 Å². The van der Waals surface area contributed by atoms with Gasteiger partial charge in [-0.3, -0.25) is 0 Å². The van der Waals surface area contributed by atoms with E-state index in [9.17, 15) is 4.79 Å². The zero-order chi connectivity index (χ0) is 8.20. The number of hydrogen-bond acceptors (Lipinski definition) is 3. The van der Waals surface area contributed by atoms with Gasteiger partial charge in [-0.05, 0) is 6.92 Å². The van der Waals surface area contributed by atoms with Crippen LogP contribution in [-0.2, 0) is 4.79 Å². The van der Waals surface area contributed by atoms with Crippen molar-refractivity contribution < 1.29 is 9.90 Å². The molecule has 0 bridgehead atoms. The van der Waals surface area contributed by atoms with E-state index in [4.69, 9.17) is 10.8 Å². The van der Waals surface area contributed by atoms with Crippen molar-refractivity contribution in [2.75, 3.05) is 5.75 Å². The Kier molecular flexibility index (Phi) is 3.46. The second-order valence-electron chi connectivity index (χ2n) is 2.01. The first kappa shape index (κ1) is 9.52. The van der Waals surface area contributed by atoms with Gasteiger partial charge in [0.2, 0.25) is 0 Å². The number of carboxylic acids is 1. The summed E-state index contributed by atoms with van der Waals surface area (Å²) < 4.78 is 0. The molecule has 0 fully saturated rings. The molecule has 58 valence electrons. The fourth-order valence-corrected chi connectivity index (χ4v) is 0.881. The summed E-state index contributed by atoms with van der Waals surface area (Å²) in [5.74, 6) is -0.446. The van der Waals surface area contributed by atoms with E-state index in [0.29, 0.717) is 5.75 Å². The van der Waals surface area contributed by atoms with Crippen LogP contribution in [0.15, 0.2) is 12.7 Å². The quantitative estimate of drug-likeness (QED) is 0.470. The molecule has 0 heterocycles. The summed E-state index contributed by atoms with van der Waals surface area (Å²) in [6.07, 6.45) is 1.62. The Bertz CT molecular complexity index is 145. The highest BCUT2D eigenvalue weighted by molar-refractivity contribution is 8.01. The van der Waals surface area contributed by atoms with Crippen molar-refractivity contribution in [2.24, 2.45) is 5.73 Å². The normalized spacial score (nSPS) is 15.8. The molecule has 10 heavy (non-hydrogen) atoms. The van der Waals surface area contributed by atoms with Crippen LogP contribution in [0.4, 0.5) is 0 Å². The molecule has 3 nitrogen and oxygen atoms in total. The number of aliphatic carboxylic acids is 1. The van der Waals surface area contributed by atoms with Gasteiger partial charge in [-0.25, -0.2) is 4.79 Å². The van der Waals surface area contributed by atoms with Crippen LogP contribution in [0.3, 0.4) is 0 Å². The largest absolute Gasteiger partial charge is 0.479 e. The fourth-order valence-electron chi connectivity index (χ4n) is 0.294. The van der Waals surface area contributed by atoms with Crippen molar-refractivity contribution in [1.82, 2.24) is 0 Å². The molecular formula is C6H11NO2S. The van der Waals surface area contributed by atoms with E-state index in [0.717, 1.165) is 11.8 Å². The first-order valence-electron chi connectivity index (χ1n) is 2.78. The van der Waals surface area contributed by atoms with Gasteiger partial charge in [-0.2, -0.15) is 0 Å². The van der Waals surface area contributed by atoms with E-state index < -0.39 is 10.8 Å². The average Bonchev–Trinajstić information content (AvgIpc) is 1.84. The molecule has 0 saturated heterocycles. The van der Waals surface area contributed by atoms with Crippen molar-refractivity contribution in [3.8, 4) is 0 Å². The second kappa shape index (κ2) is 3.63. The molecule has 0 saturated carbocycles. The molecule has 1 unspecified atom stereocenters. The smallest absolute Gasteiger partial charge is 0.333 e. The predicted octanol–water partition coefficient (Wildman–Crippen LogP) is 0.665. The minimum absolute atomic E-state index is 0.555. The van der Waals surface area contributed by atoms with Crippen molar-refractivity contribution in [3.05, 3.63) is 12.7 Å². The first-order valence-corrected chi connectivity index (χ1v) is 3.76. The third-order valence-corrected chi connectivity index (χ3v) is 2.10. The molecule has 0 aliphatic heterocycles. The topological polar surface area (TPSA) is 63.3 Å². The lowest BCUT2D eigenvalue weighted by atomic mass is 10.4. The van der Waals surface area contributed by atoms with E-state index >= 15 is 0 Å². The maximum absolute atomic E-state index is 10.3. The Morgan fingerprint density at radius 1 is 2.00 bits per heavy atom. The highest BCUT2D eigenvalue weighted by Crippen LogP contribution is 2.18. The van der Waals surface area contributed by atoms with E-state index in [-0.39, 0.29) is 0 Å². The molecule has 0 amide bonds. The molecule has 0 aromatic carbocycles. The van der Waals surface area contributed by atoms with E-state index in [1.54, 1.807) is 6.08 Å². The van der Waals surface area contributed by atoms with Crippen LogP contribution in [-0.4, -0.2) is 21.7 Å². The van der Waals surface area contributed by atoms with Gasteiger partial charge in [0.15, 0.2) is 4.87 Å². The lowest BCUT2D eigenvalue weighted by molar-refractivity contribution is -0.139. The van der Waals surface area contributed by atoms with Crippen LogP contribution in [0.25, 0.3) is 0 Å². The molecular weight excluding hydrogens is 150 g/mol. The summed E-state index contributed by atoms with van der Waals surface area (Å²) in [6.45, 7) is 4.92. The molecule has 0 aliphatic carbocycles. The molecule has 4 heteroatoms. The molecule has 1 atom stereocenters. The standard InChI is InChI=1S/C6H11NO2S/c1-3-4-10-6(2,7)5(8)9/h3H,1,4,7H2,2H3,(H,8,9). The summed E-state index contributed by atoms with van der Waals surface area (Å²) in [4.78, 5) is 9.16. The molecule has 0 aromatic rings. The maximum atomic E-state index is 10.3. The molecule has 0 aromatic heterocycles. The second-order valence-corrected chi connectivity index (χ2v) is 3.48. The van der Waals surface area contributed by atoms with E-state index in [2.05, 4.69) is 6.58 Å². The van der Waals surface area contributed by atoms with Crippen LogP contribution < -0.4 is 5.73 Å². The zero-order valence-electron chi connectivity index (χ0n) is 5.83. The Labute approximate surface area is 64.3 Å². The SMILES string of the molecule is C=CCSC(C)(N)C(=O)O. The summed E-state index contributed by atoms with van der Waals surface area (Å²) in [5.41, 5.74) is 5.36. The van der Waals surface area contributed by atoms with Gasteiger partial charge in [0.05, 0.1) is 0 Å². The lowest BCUT2D eigenvalue weighted by Crippen LogP contribution is -2.41. The minimum atomic E-state index is -1.19. The van der Waals surface area contributed by atoms with Gasteiger partial charge in [-0.15, -0.1) is 18.3 Å². The third-order valence-electron chi connectivity index (χ3n) is 0.926. The first-order chi connectivity index (χ1) is 4.50. The number of carboxylic acid groups (broad SMARTS) is 1. The van der Waals surface area contributed by atoms with Crippen molar-refractivity contribution in [1.29, 1.82) is 0 Å². The Morgan fingerprint density at radius 3 is 2.80 bits per heavy atom. The summed E-state index contributed by atoms with van der Waals surface area (Å²) in [7, 11) is 0. The molecule has 0 radical (unpaired) electrons. The van der Waals surface area contributed by atoms with Crippen LogP contribution in [0.5, 0.6) is 0 Å². The molecule has 0 aliphatic rings. The fraction of sp³-hybridized carbons (Fsp3) is 0.500. The number of rotatable bonds is 4. The van der Waals surface area contributed by atoms with Gasteiger partial charge in [0.25, 0.3) is 0 Å². The zero-order valence-corrected chi connectivity index (χ0v) is 6.65. The van der Waals surface area contributed by atoms with Crippen LogP contribution in [0.1, 0.15) is 6.92 Å². The van der Waals surface area contributed by atoms with Gasteiger partial charge < -0.3 is 10.8 Å². The minimum Gasteiger partial charge on any atom is -0.479 e. The highest BCUT2D eigenvalue weighted by atomic mass is 32.2. The number of thioether (sulfide) groups is 1. The van der Waals surface area contributed by atoms with Crippen molar-refractivity contribution >= 4 is 17.7 Å². The van der Waals surface area contributed by atoms with E-state index in [1.165, 1.54) is 6.92 Å². The average molecular weight is 161 g/mol. The Hall–Kier alpha value is -0.480. The molecule has 3 N–H and O–H groups in total. The molecule has 0 rings (SSSR count). The van der Waals surface area contributed by atoms with Crippen molar-refractivity contribution in [3.63, 3.8) is 0 Å². The number of carbonyl (C=O) groups is 1. The van der Waals surface area contributed by atoms with Crippen LogP contribution >= 0.6 is 11.8 Å². The summed E-state index contributed by atoms with van der Waals surface area (Å²) in [6, 6.07) is 0. The van der Waals surface area contributed by atoms with Crippen LogP contribution in [0.2, 0.25) is 0 Å². The number of hydrogen-bond donors (Lipinski definition) is 2. The monoisotopic (exact) mass is 161 g/mol. The van der Waals surface area contributed by atoms with Gasteiger partial charge >= 0.3 is 5.97 Å². The van der Waals surface area contributed by atoms with Gasteiger partial charge in [0, 0.05) is 5.75 Å². The third kappa shape index (κ3) is 2.89.